The molecule has 0 saturated carbocycles. The van der Waals surface area contributed by atoms with Crippen LogP contribution in [-0.2, 0) is 25.7 Å². The molecule has 2 atom stereocenters. The van der Waals surface area contributed by atoms with Gasteiger partial charge in [0.05, 0.1) is 6.04 Å². The Hall–Kier alpha value is -4.07. The van der Waals surface area contributed by atoms with E-state index in [1.807, 2.05) is 0 Å². The van der Waals surface area contributed by atoms with Crippen molar-refractivity contribution in [2.75, 3.05) is 39.0 Å². The highest BCUT2D eigenvalue weighted by Gasteiger charge is 2.25. The number of anilines is 1. The predicted molar refractivity (Wildman–Crippen MR) is 158 cm³/mol. The van der Waals surface area contributed by atoms with Crippen LogP contribution in [0.25, 0.3) is 0 Å². The van der Waals surface area contributed by atoms with Crippen molar-refractivity contribution in [3.05, 3.63) is 29.8 Å². The van der Waals surface area contributed by atoms with Gasteiger partial charge in [-0.1, -0.05) is 26.0 Å². The third-order valence-corrected chi connectivity index (χ3v) is 5.99. The molecule has 0 aliphatic heterocycles. The second kappa shape index (κ2) is 17.0. The monoisotopic (exact) mass is 593 g/mol. The van der Waals surface area contributed by atoms with Gasteiger partial charge >= 0.3 is 18.2 Å². The molecule has 1 aromatic rings. The lowest BCUT2D eigenvalue weighted by Crippen LogP contribution is -2.51. The van der Waals surface area contributed by atoms with Crippen molar-refractivity contribution in [1.29, 1.82) is 0 Å². The second-order valence-electron chi connectivity index (χ2n) is 11.3. The molecule has 0 bridgehead atoms. The molecule has 1 unspecified atom stereocenters. The van der Waals surface area contributed by atoms with Crippen molar-refractivity contribution in [3.63, 3.8) is 0 Å². The molecule has 42 heavy (non-hydrogen) atoms. The van der Waals surface area contributed by atoms with Crippen LogP contribution >= 0.6 is 0 Å². The molecule has 0 heterocycles. The molecule has 14 nitrogen and oxygen atoms in total. The van der Waals surface area contributed by atoms with Gasteiger partial charge in [0, 0.05) is 39.4 Å². The normalized spacial score (nSPS) is 12.5. The summed E-state index contributed by atoms with van der Waals surface area (Å²) in [5, 5.41) is 7.89. The van der Waals surface area contributed by atoms with Gasteiger partial charge in [-0.3, -0.25) is 9.59 Å². The summed E-state index contributed by atoms with van der Waals surface area (Å²) in [5.74, 6) is -1.02. The number of hydrogen-bond acceptors (Lipinski definition) is 8. The Balaban J connectivity index is 2.65. The summed E-state index contributed by atoms with van der Waals surface area (Å²) in [6.45, 7) is 9.69. The number of nitrogens with two attached hydrogens (primary N) is 2. The summed E-state index contributed by atoms with van der Waals surface area (Å²) in [5.41, 5.74) is 11.5. The largest absolute Gasteiger partial charge is 0.445 e. The smallest absolute Gasteiger partial charge is 0.410 e. The van der Waals surface area contributed by atoms with Gasteiger partial charge in [-0.15, -0.1) is 0 Å². The molecular formula is C28H47N7O7. The lowest BCUT2D eigenvalue weighted by Gasteiger charge is -2.26. The number of urea groups is 1. The Morgan fingerprint density at radius 2 is 1.50 bits per heavy atom. The number of carbonyl (C=O) groups is 5. The molecule has 7 N–H and O–H groups in total. The Morgan fingerprint density at radius 1 is 0.929 bits per heavy atom. The van der Waals surface area contributed by atoms with Crippen molar-refractivity contribution >= 4 is 35.7 Å². The first kappa shape index (κ1) is 36.0. The topological polar surface area (TPSA) is 198 Å². The number of likely N-dealkylation sites (N-methyl/N-ethyl adjacent to an activating group) is 2. The van der Waals surface area contributed by atoms with E-state index in [-0.39, 0.29) is 38.6 Å². The molecule has 0 fully saturated rings. The number of amides is 6. The summed E-state index contributed by atoms with van der Waals surface area (Å²) >= 11 is 0. The first-order valence-electron chi connectivity index (χ1n) is 13.8. The first-order valence-corrected chi connectivity index (χ1v) is 13.8. The maximum Gasteiger partial charge on any atom is 0.410 e. The van der Waals surface area contributed by atoms with Crippen LogP contribution in [0.4, 0.5) is 20.1 Å². The quantitative estimate of drug-likeness (QED) is 0.202. The molecule has 0 spiro atoms. The number of hydrogen-bond donors (Lipinski definition) is 5. The molecule has 6 amide bonds. The van der Waals surface area contributed by atoms with Gasteiger partial charge in [0.25, 0.3) is 0 Å². The lowest BCUT2D eigenvalue weighted by molar-refractivity contribution is -0.128. The molecule has 0 aliphatic carbocycles. The number of carbonyl (C=O) groups excluding carboxylic acids is 5. The summed E-state index contributed by atoms with van der Waals surface area (Å²) in [6, 6.07) is 4.33. The minimum absolute atomic E-state index is 0.00204. The fraction of sp³-hybridized carbons (Fsp3) is 0.607. The van der Waals surface area contributed by atoms with E-state index < -0.39 is 47.7 Å². The van der Waals surface area contributed by atoms with Gasteiger partial charge in [0.2, 0.25) is 11.8 Å². The Kier molecular flexibility index (Phi) is 14.6. The zero-order valence-corrected chi connectivity index (χ0v) is 25.7. The molecule has 0 aromatic heterocycles. The van der Waals surface area contributed by atoms with Crippen molar-refractivity contribution in [3.8, 4) is 0 Å². The Bertz CT molecular complexity index is 1060. The predicted octanol–water partition coefficient (Wildman–Crippen LogP) is 1.98. The minimum Gasteiger partial charge on any atom is -0.445 e. The number of ether oxygens (including phenoxy) is 2. The lowest BCUT2D eigenvalue weighted by atomic mass is 10.0. The van der Waals surface area contributed by atoms with E-state index >= 15 is 0 Å². The van der Waals surface area contributed by atoms with E-state index in [0.717, 1.165) is 0 Å². The molecule has 1 aromatic carbocycles. The highest BCUT2D eigenvalue weighted by atomic mass is 16.6. The summed E-state index contributed by atoms with van der Waals surface area (Å²) in [6.07, 6.45) is -0.398. The third-order valence-electron chi connectivity index (χ3n) is 5.99. The molecule has 0 saturated heterocycles. The minimum atomic E-state index is -0.887. The average Bonchev–Trinajstić information content (AvgIpc) is 2.90. The SMILES string of the molecule is CC(C)C(N)C(=O)N[C@H](CCCNC(N)=O)C(=O)Nc1ccc(COC(=O)N(C)CCN(C)C(=O)OC(C)(C)C)cc1. The number of nitrogens with zero attached hydrogens (tertiary/aromatic N) is 2. The third kappa shape index (κ3) is 14.0. The van der Waals surface area contributed by atoms with Gasteiger partial charge in [-0.2, -0.15) is 0 Å². The van der Waals surface area contributed by atoms with Gasteiger partial charge in [0.1, 0.15) is 18.2 Å². The molecule has 14 heteroatoms. The maximum atomic E-state index is 13.0. The number of rotatable bonds is 14. The van der Waals surface area contributed by atoms with Gasteiger partial charge < -0.3 is 46.7 Å². The van der Waals surface area contributed by atoms with E-state index in [2.05, 4.69) is 16.0 Å². The Morgan fingerprint density at radius 3 is 2.02 bits per heavy atom. The first-order chi connectivity index (χ1) is 19.5. The van der Waals surface area contributed by atoms with Crippen molar-refractivity contribution in [2.24, 2.45) is 17.4 Å². The van der Waals surface area contributed by atoms with E-state index in [4.69, 9.17) is 20.9 Å². The highest BCUT2D eigenvalue weighted by Crippen LogP contribution is 2.13. The van der Waals surface area contributed by atoms with Crippen LogP contribution in [0, 0.1) is 5.92 Å². The zero-order chi connectivity index (χ0) is 32.0. The maximum absolute atomic E-state index is 13.0. The molecular weight excluding hydrogens is 546 g/mol. The van der Waals surface area contributed by atoms with Gasteiger partial charge in [-0.05, 0) is 57.2 Å². The van der Waals surface area contributed by atoms with Crippen LogP contribution in [0.1, 0.15) is 53.0 Å². The van der Waals surface area contributed by atoms with Crippen LogP contribution in [0.2, 0.25) is 0 Å². The van der Waals surface area contributed by atoms with Crippen molar-refractivity contribution in [1.82, 2.24) is 20.4 Å². The van der Waals surface area contributed by atoms with Crippen LogP contribution in [0.5, 0.6) is 0 Å². The average molecular weight is 594 g/mol. The molecule has 0 radical (unpaired) electrons. The number of benzene rings is 1. The van der Waals surface area contributed by atoms with E-state index in [9.17, 15) is 24.0 Å². The molecule has 1 rings (SSSR count). The van der Waals surface area contributed by atoms with Crippen LogP contribution in [-0.4, -0.2) is 91.2 Å². The second-order valence-corrected chi connectivity index (χ2v) is 11.3. The Labute approximate surface area is 247 Å². The summed E-state index contributed by atoms with van der Waals surface area (Å²) in [4.78, 5) is 63.6. The molecule has 236 valence electrons. The van der Waals surface area contributed by atoms with Gasteiger partial charge in [0.15, 0.2) is 0 Å². The standard InChI is InChI=1S/C28H47N7O7/c1-18(2)22(29)24(37)33-21(9-8-14-31-25(30)38)23(36)32-20-12-10-19(11-13-20)17-41-26(39)34(6)15-16-35(7)27(40)42-28(3,4)5/h10-13,18,21-22H,8-9,14-17,29H2,1-7H3,(H,32,36)(H,33,37)(H3,30,31,38)/t21-,22?/m1/s1. The van der Waals surface area contributed by atoms with Crippen LogP contribution in [0.3, 0.4) is 0 Å². The summed E-state index contributed by atoms with van der Waals surface area (Å²) < 4.78 is 10.6. The fourth-order valence-electron chi connectivity index (χ4n) is 3.35. The van der Waals surface area contributed by atoms with Crippen molar-refractivity contribution < 1.29 is 33.4 Å². The van der Waals surface area contributed by atoms with Gasteiger partial charge in [-0.25, -0.2) is 14.4 Å². The van der Waals surface area contributed by atoms with Crippen molar-refractivity contribution in [2.45, 2.75) is 71.8 Å². The summed E-state index contributed by atoms with van der Waals surface area (Å²) in [7, 11) is 3.16. The van der Waals surface area contributed by atoms with E-state index in [0.29, 0.717) is 17.7 Å². The van der Waals surface area contributed by atoms with Crippen LogP contribution < -0.4 is 27.4 Å². The zero-order valence-electron chi connectivity index (χ0n) is 25.7. The van der Waals surface area contributed by atoms with Crippen LogP contribution in [0.15, 0.2) is 24.3 Å². The van der Waals surface area contributed by atoms with E-state index in [1.165, 1.54) is 9.80 Å². The number of nitrogens with one attached hydrogen (secondary N) is 3. The van der Waals surface area contributed by atoms with E-state index in [1.54, 1.807) is 73.0 Å². The fourth-order valence-corrected chi connectivity index (χ4v) is 3.35. The highest BCUT2D eigenvalue weighted by molar-refractivity contribution is 5.97. The molecule has 0 aliphatic rings. The number of primary amides is 1.